The third-order valence-electron chi connectivity index (χ3n) is 5.53. The van der Waals surface area contributed by atoms with Crippen LogP contribution in [0.2, 0.25) is 0 Å². The Morgan fingerprint density at radius 2 is 1.59 bits per heavy atom. The smallest absolute Gasteiger partial charge is 0.273 e. The Morgan fingerprint density at radius 1 is 0.941 bits per heavy atom. The maximum Gasteiger partial charge on any atom is 0.273 e. The molecule has 0 bridgehead atoms. The topological polar surface area (TPSA) is 117 Å². The second-order valence-electron chi connectivity index (χ2n) is 9.82. The SMILES string of the molecule is CCO[C@H](C(=O)NO)[C@@H](Cc1ccc2ccccc2c1)C(=O)N[C@H](C(=O)NC(C)C)C(C)(C)C. The van der Waals surface area contributed by atoms with E-state index in [1.807, 2.05) is 77.1 Å². The van der Waals surface area contributed by atoms with Crippen LogP contribution >= 0.6 is 0 Å². The first-order chi connectivity index (χ1) is 16.0. The molecule has 0 aliphatic rings. The molecule has 0 saturated carbocycles. The summed E-state index contributed by atoms with van der Waals surface area (Å²) in [5, 5.41) is 17.0. The summed E-state index contributed by atoms with van der Waals surface area (Å²) in [7, 11) is 0. The number of benzene rings is 2. The van der Waals surface area contributed by atoms with Gasteiger partial charge in [-0.3, -0.25) is 19.6 Å². The van der Waals surface area contributed by atoms with Crippen LogP contribution in [0.3, 0.4) is 0 Å². The van der Waals surface area contributed by atoms with E-state index in [-0.39, 0.29) is 25.0 Å². The van der Waals surface area contributed by atoms with Gasteiger partial charge in [0.25, 0.3) is 5.91 Å². The van der Waals surface area contributed by atoms with E-state index >= 15 is 0 Å². The van der Waals surface area contributed by atoms with Crippen molar-refractivity contribution in [1.82, 2.24) is 16.1 Å². The Morgan fingerprint density at radius 3 is 2.15 bits per heavy atom. The third kappa shape index (κ3) is 7.27. The molecule has 0 unspecified atom stereocenters. The van der Waals surface area contributed by atoms with Gasteiger partial charge in [-0.2, -0.15) is 0 Å². The highest BCUT2D eigenvalue weighted by Crippen LogP contribution is 2.24. The Hall–Kier alpha value is -2.97. The fraction of sp³-hybridized carbons (Fsp3) is 0.500. The normalized spacial score (nSPS) is 14.4. The lowest BCUT2D eigenvalue weighted by molar-refractivity contribution is -0.151. The molecule has 2 aromatic carbocycles. The molecule has 2 rings (SSSR count). The van der Waals surface area contributed by atoms with Crippen LogP contribution in [0.25, 0.3) is 10.8 Å². The second-order valence-corrected chi connectivity index (χ2v) is 9.82. The van der Waals surface area contributed by atoms with Crippen molar-refractivity contribution in [1.29, 1.82) is 0 Å². The number of rotatable bonds is 10. The summed E-state index contributed by atoms with van der Waals surface area (Å²) in [6.07, 6.45) is -1.06. The number of carbonyl (C=O) groups is 3. The minimum absolute atomic E-state index is 0.0982. The van der Waals surface area contributed by atoms with E-state index in [2.05, 4.69) is 10.6 Å². The molecule has 3 atom stereocenters. The largest absolute Gasteiger partial charge is 0.368 e. The predicted molar refractivity (Wildman–Crippen MR) is 131 cm³/mol. The Labute approximate surface area is 201 Å². The maximum absolute atomic E-state index is 13.6. The van der Waals surface area contributed by atoms with Crippen LogP contribution in [0.1, 0.15) is 47.1 Å². The quantitative estimate of drug-likeness (QED) is 0.314. The zero-order valence-corrected chi connectivity index (χ0v) is 20.8. The number of amides is 3. The summed E-state index contributed by atoms with van der Waals surface area (Å²) >= 11 is 0. The maximum atomic E-state index is 13.6. The van der Waals surface area contributed by atoms with Crippen LogP contribution in [0.5, 0.6) is 0 Å². The van der Waals surface area contributed by atoms with Crippen LogP contribution in [0.15, 0.2) is 42.5 Å². The van der Waals surface area contributed by atoms with Gasteiger partial charge in [-0.05, 0) is 48.9 Å². The number of hydroxylamine groups is 1. The van der Waals surface area contributed by atoms with Gasteiger partial charge in [-0.15, -0.1) is 0 Å². The van der Waals surface area contributed by atoms with E-state index in [0.29, 0.717) is 0 Å². The van der Waals surface area contributed by atoms with Gasteiger partial charge in [0.05, 0.1) is 5.92 Å². The number of ether oxygens (including phenoxy) is 1. The molecule has 2 aromatic rings. The predicted octanol–water partition coefficient (Wildman–Crippen LogP) is 2.96. The van der Waals surface area contributed by atoms with Gasteiger partial charge in [-0.25, -0.2) is 5.48 Å². The number of hydrogen-bond acceptors (Lipinski definition) is 5. The number of carbonyl (C=O) groups excluding carboxylic acids is 3. The van der Waals surface area contributed by atoms with E-state index in [0.717, 1.165) is 16.3 Å². The van der Waals surface area contributed by atoms with Crippen molar-refractivity contribution in [2.45, 2.75) is 66.2 Å². The van der Waals surface area contributed by atoms with Crippen LogP contribution in [0, 0.1) is 11.3 Å². The second kappa shape index (κ2) is 11.9. The Kier molecular flexibility index (Phi) is 9.58. The van der Waals surface area contributed by atoms with E-state index in [1.54, 1.807) is 12.4 Å². The highest BCUT2D eigenvalue weighted by Gasteiger charge is 2.39. The summed E-state index contributed by atoms with van der Waals surface area (Å²) in [5.74, 6) is -2.61. The van der Waals surface area contributed by atoms with Crippen LogP contribution in [0.4, 0.5) is 0 Å². The molecular weight excluding hydrogens is 434 g/mol. The molecule has 8 nitrogen and oxygen atoms in total. The standard InChI is InChI=1S/C26H37N3O5/c1-7-34-21(24(31)29-33)20(15-17-12-13-18-10-8-9-11-19(18)14-17)23(30)28-22(26(4,5)6)25(32)27-16(2)3/h8-14,16,20-22,33H,7,15H2,1-6H3,(H,27,32)(H,28,30)(H,29,31)/t20-,21+,22-/m1/s1. The molecule has 34 heavy (non-hydrogen) atoms. The molecule has 0 spiro atoms. The lowest BCUT2D eigenvalue weighted by atomic mass is 9.84. The Bertz CT molecular complexity index is 999. The van der Waals surface area contributed by atoms with Gasteiger partial charge in [0.1, 0.15) is 12.1 Å². The van der Waals surface area contributed by atoms with E-state index in [1.165, 1.54) is 0 Å². The van der Waals surface area contributed by atoms with Gasteiger partial charge in [0.2, 0.25) is 11.8 Å². The molecule has 0 fully saturated rings. The van der Waals surface area contributed by atoms with Crippen molar-refractivity contribution >= 4 is 28.5 Å². The van der Waals surface area contributed by atoms with Crippen molar-refractivity contribution in [3.8, 4) is 0 Å². The van der Waals surface area contributed by atoms with Gasteiger partial charge in [0, 0.05) is 12.6 Å². The average Bonchev–Trinajstić information content (AvgIpc) is 2.77. The molecule has 0 saturated heterocycles. The highest BCUT2D eigenvalue weighted by atomic mass is 16.5. The lowest BCUT2D eigenvalue weighted by Crippen LogP contribution is -2.58. The molecule has 0 aliphatic carbocycles. The summed E-state index contributed by atoms with van der Waals surface area (Å²) in [4.78, 5) is 38.9. The molecule has 3 amide bonds. The molecule has 0 radical (unpaired) electrons. The highest BCUT2D eigenvalue weighted by molar-refractivity contribution is 5.93. The zero-order chi connectivity index (χ0) is 25.5. The fourth-order valence-electron chi connectivity index (χ4n) is 3.87. The monoisotopic (exact) mass is 471 g/mol. The van der Waals surface area contributed by atoms with Crippen LogP contribution in [-0.4, -0.2) is 47.7 Å². The summed E-state index contributed by atoms with van der Waals surface area (Å²) in [6, 6.07) is 12.7. The first kappa shape index (κ1) is 27.3. The third-order valence-corrected chi connectivity index (χ3v) is 5.53. The van der Waals surface area contributed by atoms with Crippen molar-refractivity contribution in [3.05, 3.63) is 48.0 Å². The summed E-state index contributed by atoms with van der Waals surface area (Å²) in [5.41, 5.74) is 1.86. The number of nitrogens with one attached hydrogen (secondary N) is 3. The van der Waals surface area contributed by atoms with E-state index in [9.17, 15) is 19.6 Å². The van der Waals surface area contributed by atoms with Crippen molar-refractivity contribution in [2.75, 3.05) is 6.61 Å². The van der Waals surface area contributed by atoms with Gasteiger partial charge in [-0.1, -0.05) is 63.2 Å². The first-order valence-corrected chi connectivity index (χ1v) is 11.6. The Balaban J connectivity index is 2.42. The molecule has 0 heterocycles. The average molecular weight is 472 g/mol. The fourth-order valence-corrected chi connectivity index (χ4v) is 3.87. The lowest BCUT2D eigenvalue weighted by Gasteiger charge is -2.33. The van der Waals surface area contributed by atoms with Gasteiger partial charge < -0.3 is 15.4 Å². The molecular formula is C26H37N3O5. The minimum Gasteiger partial charge on any atom is -0.368 e. The van der Waals surface area contributed by atoms with Crippen LogP contribution in [-0.2, 0) is 25.5 Å². The zero-order valence-electron chi connectivity index (χ0n) is 20.8. The van der Waals surface area contributed by atoms with E-state index < -0.39 is 35.3 Å². The van der Waals surface area contributed by atoms with Crippen molar-refractivity contribution in [3.63, 3.8) is 0 Å². The molecule has 8 heteroatoms. The molecule has 186 valence electrons. The molecule has 4 N–H and O–H groups in total. The number of hydrogen-bond donors (Lipinski definition) is 4. The van der Waals surface area contributed by atoms with Crippen molar-refractivity contribution < 1.29 is 24.3 Å². The summed E-state index contributed by atoms with van der Waals surface area (Å²) < 4.78 is 5.60. The number of fused-ring (bicyclic) bond motifs is 1. The first-order valence-electron chi connectivity index (χ1n) is 11.6. The minimum atomic E-state index is -1.24. The molecule has 0 aromatic heterocycles. The molecule has 0 aliphatic heterocycles. The van der Waals surface area contributed by atoms with Crippen LogP contribution < -0.4 is 16.1 Å². The van der Waals surface area contributed by atoms with Gasteiger partial charge in [0.15, 0.2) is 0 Å². The van der Waals surface area contributed by atoms with E-state index in [4.69, 9.17) is 4.74 Å². The van der Waals surface area contributed by atoms with Crippen molar-refractivity contribution in [2.24, 2.45) is 11.3 Å². The summed E-state index contributed by atoms with van der Waals surface area (Å²) in [6.45, 7) is 11.1. The van der Waals surface area contributed by atoms with Gasteiger partial charge >= 0.3 is 0 Å².